The Hall–Kier alpha value is -2.96. The molecule has 1 heterocycles. The van der Waals surface area contributed by atoms with Gasteiger partial charge in [-0.05, 0) is 43.7 Å². The number of carbonyl (C=O) groups is 1. The molecule has 0 bridgehead atoms. The Morgan fingerprint density at radius 1 is 1.04 bits per heavy atom. The van der Waals surface area contributed by atoms with Crippen LogP contribution in [0.25, 0.3) is 0 Å². The monoisotopic (exact) mass is 394 g/mol. The van der Waals surface area contributed by atoms with Gasteiger partial charge < -0.3 is 16.8 Å². The number of unbranched alkanes of at least 4 members (excludes halogenated alkanes) is 1. The third-order valence-electron chi connectivity index (χ3n) is 3.79. The largest absolute Gasteiger partial charge is 0.330 e. The lowest BCUT2D eigenvalue weighted by atomic mass is 10.1. The number of anilines is 1. The van der Waals surface area contributed by atoms with Crippen molar-refractivity contribution in [2.24, 2.45) is 11.5 Å². The number of nitrogens with zero attached hydrogens (tertiary/aromatic N) is 1. The fourth-order valence-electron chi connectivity index (χ4n) is 2.24. The molecule has 2 rings (SSSR count). The molecule has 1 aromatic heterocycles. The van der Waals surface area contributed by atoms with Crippen LogP contribution < -0.4 is 16.8 Å². The molecule has 1 atom stereocenters. The maximum atomic E-state index is 13.5. The summed E-state index contributed by atoms with van der Waals surface area (Å²) < 4.78 is 53.2. The molecule has 0 radical (unpaired) electrons. The van der Waals surface area contributed by atoms with Crippen molar-refractivity contribution in [3.05, 3.63) is 58.9 Å². The number of benzene rings is 1. The summed E-state index contributed by atoms with van der Waals surface area (Å²) in [6.45, 7) is 0.531. The molecule has 5 nitrogen and oxygen atoms in total. The molecular formula is C19H18F4N4O. The van der Waals surface area contributed by atoms with Crippen molar-refractivity contribution in [1.82, 2.24) is 4.98 Å². The average Bonchev–Trinajstić information content (AvgIpc) is 2.67. The molecule has 28 heavy (non-hydrogen) atoms. The molecule has 0 saturated heterocycles. The number of halogens is 4. The molecule has 0 unspecified atom stereocenters. The van der Waals surface area contributed by atoms with Crippen molar-refractivity contribution >= 4 is 11.6 Å². The number of hydrogen-bond donors (Lipinski definition) is 3. The first-order valence-electron chi connectivity index (χ1n) is 8.42. The summed E-state index contributed by atoms with van der Waals surface area (Å²) in [5, 5.41) is 2.63. The lowest BCUT2D eigenvalue weighted by Crippen LogP contribution is -2.35. The minimum Gasteiger partial charge on any atom is -0.330 e. The minimum absolute atomic E-state index is 0.307. The Kier molecular flexibility index (Phi) is 7.49. The van der Waals surface area contributed by atoms with Crippen molar-refractivity contribution in [2.45, 2.75) is 25.3 Å². The highest BCUT2D eigenvalue weighted by Crippen LogP contribution is 2.16. The highest BCUT2D eigenvalue weighted by atomic mass is 19.2. The van der Waals surface area contributed by atoms with Crippen molar-refractivity contribution in [3.8, 4) is 11.8 Å². The van der Waals surface area contributed by atoms with Gasteiger partial charge in [-0.25, -0.2) is 8.78 Å². The summed E-state index contributed by atoms with van der Waals surface area (Å²) in [6.07, 6.45) is 2.02. The number of amides is 1. The highest BCUT2D eigenvalue weighted by Gasteiger charge is 2.19. The Morgan fingerprint density at radius 2 is 1.64 bits per heavy atom. The van der Waals surface area contributed by atoms with E-state index in [2.05, 4.69) is 16.2 Å². The van der Waals surface area contributed by atoms with Crippen LogP contribution in [-0.2, 0) is 4.79 Å². The molecule has 2 aromatic rings. The Bertz CT molecular complexity index is 881. The Morgan fingerprint density at radius 3 is 2.21 bits per heavy atom. The van der Waals surface area contributed by atoms with Crippen LogP contribution in [-0.4, -0.2) is 23.5 Å². The van der Waals surface area contributed by atoms with E-state index in [1.165, 1.54) is 24.3 Å². The van der Waals surface area contributed by atoms with Crippen LogP contribution in [0.3, 0.4) is 0 Å². The first-order chi connectivity index (χ1) is 13.3. The van der Waals surface area contributed by atoms with Crippen LogP contribution in [0.2, 0.25) is 0 Å². The smallest absolute Gasteiger partial charge is 0.253 e. The molecule has 148 valence electrons. The van der Waals surface area contributed by atoms with E-state index in [1.54, 1.807) is 0 Å². The zero-order valence-corrected chi connectivity index (χ0v) is 14.7. The van der Waals surface area contributed by atoms with Gasteiger partial charge in [0, 0.05) is 11.3 Å². The molecule has 0 saturated carbocycles. The quantitative estimate of drug-likeness (QED) is 0.304. The van der Waals surface area contributed by atoms with Gasteiger partial charge in [-0.2, -0.15) is 13.8 Å². The minimum atomic E-state index is -1.77. The van der Waals surface area contributed by atoms with Crippen LogP contribution in [0, 0.1) is 35.4 Å². The normalized spacial score (nSPS) is 11.5. The number of hydrogen-bond acceptors (Lipinski definition) is 4. The maximum Gasteiger partial charge on any atom is 0.253 e. The van der Waals surface area contributed by atoms with Gasteiger partial charge in [0.1, 0.15) is 5.56 Å². The zero-order chi connectivity index (χ0) is 20.7. The Balaban J connectivity index is 2.07. The predicted octanol–water partition coefficient (Wildman–Crippen LogP) is 2.43. The van der Waals surface area contributed by atoms with E-state index in [0.717, 1.165) is 12.8 Å². The van der Waals surface area contributed by atoms with Gasteiger partial charge in [-0.15, -0.1) is 0 Å². The van der Waals surface area contributed by atoms with Gasteiger partial charge >= 0.3 is 0 Å². The second-order valence-electron chi connectivity index (χ2n) is 5.90. The number of nitrogens with one attached hydrogen (secondary N) is 1. The Labute approximate surface area is 159 Å². The second kappa shape index (κ2) is 9.82. The summed E-state index contributed by atoms with van der Waals surface area (Å²) in [6, 6.07) is 5.27. The van der Waals surface area contributed by atoms with Gasteiger partial charge in [0.2, 0.25) is 5.91 Å². The topological polar surface area (TPSA) is 94.0 Å². The van der Waals surface area contributed by atoms with Crippen LogP contribution in [0.4, 0.5) is 23.2 Å². The van der Waals surface area contributed by atoms with E-state index in [0.29, 0.717) is 24.2 Å². The first kappa shape index (κ1) is 21.3. The van der Waals surface area contributed by atoms with Crippen molar-refractivity contribution < 1.29 is 22.4 Å². The van der Waals surface area contributed by atoms with E-state index in [-0.39, 0.29) is 5.91 Å². The van der Waals surface area contributed by atoms with E-state index in [9.17, 15) is 22.4 Å². The molecule has 1 aromatic carbocycles. The van der Waals surface area contributed by atoms with Crippen molar-refractivity contribution in [3.63, 3.8) is 0 Å². The second-order valence-corrected chi connectivity index (χ2v) is 5.90. The van der Waals surface area contributed by atoms with Crippen LogP contribution in [0.5, 0.6) is 0 Å². The van der Waals surface area contributed by atoms with E-state index in [1.807, 2.05) is 5.92 Å². The molecule has 5 N–H and O–H groups in total. The molecule has 0 aliphatic carbocycles. The van der Waals surface area contributed by atoms with E-state index >= 15 is 0 Å². The van der Waals surface area contributed by atoms with Crippen LogP contribution in [0.1, 0.15) is 30.4 Å². The van der Waals surface area contributed by atoms with Crippen LogP contribution in [0.15, 0.2) is 24.3 Å². The standard InChI is InChI=1S/C19H18F4N4O/c20-15-13(16(21)18(23)27-17(15)22)9-6-11-4-7-12(8-5-11)26-19(28)14(25)3-1-2-10-24/h4-5,7-8,14H,1-3,10,24-25H2,(H,26,28)/t14-/m0/s1. The number of pyridine rings is 1. The number of nitrogens with two attached hydrogens (primary N) is 2. The van der Waals surface area contributed by atoms with Gasteiger partial charge in [-0.1, -0.05) is 18.3 Å². The third kappa shape index (κ3) is 5.52. The van der Waals surface area contributed by atoms with Crippen molar-refractivity contribution in [1.29, 1.82) is 0 Å². The number of carbonyl (C=O) groups excluding carboxylic acids is 1. The zero-order valence-electron chi connectivity index (χ0n) is 14.7. The van der Waals surface area contributed by atoms with Crippen molar-refractivity contribution in [2.75, 3.05) is 11.9 Å². The fourth-order valence-corrected chi connectivity index (χ4v) is 2.24. The number of aromatic nitrogens is 1. The molecule has 9 heteroatoms. The fraction of sp³-hybridized carbons (Fsp3) is 0.263. The summed E-state index contributed by atoms with van der Waals surface area (Å²) in [7, 11) is 0. The summed E-state index contributed by atoms with van der Waals surface area (Å²) in [5.74, 6) is -2.80. The van der Waals surface area contributed by atoms with Gasteiger partial charge in [0.25, 0.3) is 11.9 Å². The third-order valence-corrected chi connectivity index (χ3v) is 3.79. The maximum absolute atomic E-state index is 13.5. The van der Waals surface area contributed by atoms with E-state index in [4.69, 9.17) is 11.5 Å². The molecule has 0 spiro atoms. The van der Waals surface area contributed by atoms with Gasteiger partial charge in [-0.3, -0.25) is 4.79 Å². The summed E-state index contributed by atoms with van der Waals surface area (Å²) in [5.41, 5.74) is 10.9. The molecule has 0 aliphatic rings. The molecule has 1 amide bonds. The average molecular weight is 394 g/mol. The molecule has 0 aliphatic heterocycles. The lowest BCUT2D eigenvalue weighted by Gasteiger charge is -2.12. The van der Waals surface area contributed by atoms with Gasteiger partial charge in [0.15, 0.2) is 11.6 Å². The van der Waals surface area contributed by atoms with Crippen LogP contribution >= 0.6 is 0 Å². The van der Waals surface area contributed by atoms with E-state index < -0.39 is 35.1 Å². The predicted molar refractivity (Wildman–Crippen MR) is 96.0 cm³/mol. The SMILES string of the molecule is NCCCC[C@H](N)C(=O)Nc1ccc(C#Cc2c(F)c(F)nc(F)c2F)cc1. The van der Waals surface area contributed by atoms with Gasteiger partial charge in [0.05, 0.1) is 6.04 Å². The summed E-state index contributed by atoms with van der Waals surface area (Å²) in [4.78, 5) is 14.4. The molecular weight excluding hydrogens is 376 g/mol. The highest BCUT2D eigenvalue weighted by molar-refractivity contribution is 5.94. The molecule has 0 fully saturated rings. The lowest BCUT2D eigenvalue weighted by molar-refractivity contribution is -0.117. The summed E-state index contributed by atoms with van der Waals surface area (Å²) >= 11 is 0. The number of rotatable bonds is 6. The first-order valence-corrected chi connectivity index (χ1v) is 8.42.